The van der Waals surface area contributed by atoms with Gasteiger partial charge in [0.1, 0.15) is 30.5 Å². The molecule has 10 unspecified atom stereocenters. The molecule has 103 heavy (non-hydrogen) atoms. The third kappa shape index (κ3) is 54.2. The van der Waals surface area contributed by atoms with Gasteiger partial charge in [0.2, 0.25) is 0 Å². The van der Waals surface area contributed by atoms with Crippen LogP contribution in [-0.4, -0.2) is 273 Å². The number of carboxylic acids is 2. The molecule has 0 aliphatic rings. The van der Waals surface area contributed by atoms with Crippen LogP contribution in [0.15, 0.2) is 72.8 Å². The number of amides is 1. The van der Waals surface area contributed by atoms with E-state index < -0.39 is 82.7 Å². The number of aliphatic hydroxyl groups excluding tert-OH is 8. The Kier molecular flexibility index (Phi) is 64.7. The van der Waals surface area contributed by atoms with Crippen LogP contribution in [0.3, 0.4) is 0 Å². The summed E-state index contributed by atoms with van der Waals surface area (Å²) in [6, 6.07) is 14.7. The summed E-state index contributed by atoms with van der Waals surface area (Å²) in [4.78, 5) is 83.7. The number of rotatable bonds is 43. The molecule has 41 nitrogen and oxygen atoms in total. The van der Waals surface area contributed by atoms with Gasteiger partial charge in [0.25, 0.3) is 17.1 Å². The van der Waals surface area contributed by atoms with Gasteiger partial charge in [-0.1, -0.05) is 34.6 Å². The summed E-state index contributed by atoms with van der Waals surface area (Å²) in [5, 5.41) is 120. The van der Waals surface area contributed by atoms with E-state index in [1.165, 1.54) is 108 Å². The summed E-state index contributed by atoms with van der Waals surface area (Å²) in [6.07, 6.45) is -4.64. The molecule has 0 aliphatic carbocycles. The van der Waals surface area contributed by atoms with Crippen molar-refractivity contribution >= 4 is 47.4 Å². The number of nitro benzene ring substituents is 3. The minimum Gasteiger partial charge on any atom is -0.481 e. The molecule has 0 saturated heterocycles. The Labute approximate surface area is 594 Å². The van der Waals surface area contributed by atoms with Crippen LogP contribution >= 0.6 is 0 Å². The number of hydrogen-bond donors (Lipinski definition) is 12. The first-order chi connectivity index (χ1) is 49.1. The van der Waals surface area contributed by atoms with Crippen molar-refractivity contribution in [2.24, 2.45) is 5.73 Å². The number of non-ortho nitro benzene ring substituents is 3. The number of nitro groups is 3. The maximum absolute atomic E-state index is 11.5. The second-order valence-corrected chi connectivity index (χ2v) is 19.6. The van der Waals surface area contributed by atoms with Crippen LogP contribution in [0.2, 0.25) is 0 Å². The van der Waals surface area contributed by atoms with Crippen molar-refractivity contribution in [2.75, 3.05) is 115 Å². The molecular formula is C62H103N5O36. The molecule has 41 heteroatoms. The first kappa shape index (κ1) is 101. The standard InChI is InChI=1S/C14H19NO8.C13H8N2O7.C11H21NO7.3C7H16O4.C3H7NO2/c1-3-11(8-16)22-13(20-2)9-21-14(17)23-12-6-4-10(5-7-12)15(18)19;16-13(21-11-5-1-9(2-6-11)14(17)18)22-12-7-3-10(4-8-12)15(19)20;1-3-8(6-13)19-10(17-2)7-18-11(16)12-5-4-9(14)15;3*1-3-6(4-8)11-7(5-9)10-2;4-2-1-3(5)6/h4-7,11,13,16H,3,8-9H2,1-2H3;1-8H;8,10,13H,3-7H2,1-2H3,(H,12,16)(H,14,15);3*6-9H,3-5H2,1-2H3;1-2,4H2,(H,5,6). The van der Waals surface area contributed by atoms with Crippen LogP contribution in [0.5, 0.6) is 17.2 Å². The van der Waals surface area contributed by atoms with Crippen LogP contribution < -0.4 is 25.3 Å². The van der Waals surface area contributed by atoms with Crippen molar-refractivity contribution in [3.63, 3.8) is 0 Å². The fraction of sp³-hybridized carbons (Fsp3) is 0.629. The molecule has 592 valence electrons. The number of nitrogens with zero attached hydrogens (tertiary/aromatic N) is 3. The van der Waals surface area contributed by atoms with Gasteiger partial charge in [-0.2, -0.15) is 0 Å². The second-order valence-electron chi connectivity index (χ2n) is 19.6. The van der Waals surface area contributed by atoms with Crippen molar-refractivity contribution in [2.45, 2.75) is 142 Å². The molecule has 0 spiro atoms. The normalized spacial score (nSPS) is 13.3. The van der Waals surface area contributed by atoms with Gasteiger partial charge < -0.3 is 133 Å². The number of ether oxygens (including phenoxy) is 15. The van der Waals surface area contributed by atoms with Gasteiger partial charge in [-0.15, -0.1) is 0 Å². The SMILES string of the molecule is CCC(CO)OC(CO)OC.CCC(CO)OC(CO)OC.CCC(CO)OC(CO)OC.CCC(CO)OC(COC(=O)NCCC(=O)O)OC.CCC(CO)OC(COC(=O)Oc1ccc([N+](=O)[O-])cc1)OC.NCCC(=O)O.O=C(Oc1ccc([N+](=O)[O-])cc1)Oc1ccc([N+](=O)[O-])cc1. The summed E-state index contributed by atoms with van der Waals surface area (Å²) in [5.41, 5.74) is 4.45. The number of methoxy groups -OCH3 is 5. The number of nitrogens with one attached hydrogen (secondary N) is 1. The number of benzene rings is 3. The predicted octanol–water partition coefficient (Wildman–Crippen LogP) is 3.53. The Morgan fingerprint density at radius 3 is 0.854 bits per heavy atom. The first-order valence-corrected chi connectivity index (χ1v) is 31.4. The Morgan fingerprint density at radius 1 is 0.398 bits per heavy atom. The molecule has 1 amide bonds. The number of aliphatic hydroxyl groups is 8. The number of carbonyl (C=O) groups excluding carboxylic acids is 3. The molecule has 13 N–H and O–H groups in total. The lowest BCUT2D eigenvalue weighted by Gasteiger charge is -2.21. The fourth-order valence-electron chi connectivity index (χ4n) is 6.23. The maximum atomic E-state index is 11.5. The molecule has 10 atom stereocenters. The lowest BCUT2D eigenvalue weighted by atomic mass is 10.3. The molecule has 3 aromatic rings. The first-order valence-electron chi connectivity index (χ1n) is 31.4. The van der Waals surface area contributed by atoms with Crippen LogP contribution in [0.1, 0.15) is 79.6 Å². The van der Waals surface area contributed by atoms with E-state index in [-0.39, 0.29) is 151 Å². The fourth-order valence-corrected chi connectivity index (χ4v) is 6.23. The van der Waals surface area contributed by atoms with Gasteiger partial charge in [-0.25, -0.2) is 14.4 Å². The van der Waals surface area contributed by atoms with E-state index in [0.29, 0.717) is 32.1 Å². The number of alkyl carbamates (subject to hydrolysis) is 1. The number of carboxylic acid groups (broad SMARTS) is 2. The van der Waals surface area contributed by atoms with Crippen LogP contribution in [0.25, 0.3) is 0 Å². The number of hydrogen-bond acceptors (Lipinski definition) is 35. The number of aliphatic carboxylic acids is 2. The summed E-state index contributed by atoms with van der Waals surface area (Å²) < 4.78 is 74.4. The Morgan fingerprint density at radius 2 is 0.650 bits per heavy atom. The number of nitrogens with two attached hydrogens (primary N) is 1. The molecule has 0 aliphatic heterocycles. The number of carbonyl (C=O) groups is 5. The third-order valence-corrected chi connectivity index (χ3v) is 12.2. The summed E-state index contributed by atoms with van der Waals surface area (Å²) in [5.74, 6) is -1.60. The van der Waals surface area contributed by atoms with Crippen LogP contribution in [0.4, 0.5) is 31.4 Å². The minimum atomic E-state index is -1.07. The van der Waals surface area contributed by atoms with E-state index in [4.69, 9.17) is 128 Å². The second kappa shape index (κ2) is 65.8. The van der Waals surface area contributed by atoms with Gasteiger partial charge in [-0.3, -0.25) is 39.9 Å². The van der Waals surface area contributed by atoms with Gasteiger partial charge in [-0.05, 0) is 68.5 Å². The van der Waals surface area contributed by atoms with Crippen molar-refractivity contribution in [3.05, 3.63) is 103 Å². The van der Waals surface area contributed by atoms with Crippen molar-refractivity contribution in [1.29, 1.82) is 0 Å². The zero-order valence-corrected chi connectivity index (χ0v) is 59.1. The third-order valence-electron chi connectivity index (χ3n) is 12.2. The Hall–Kier alpha value is -8.15. The average Bonchev–Trinajstić information content (AvgIpc) is 0.915. The predicted molar refractivity (Wildman–Crippen MR) is 357 cm³/mol. The monoisotopic (exact) mass is 1490 g/mol. The summed E-state index contributed by atoms with van der Waals surface area (Å²) >= 11 is 0. The summed E-state index contributed by atoms with van der Waals surface area (Å²) in [6.45, 7) is 8.17. The van der Waals surface area contributed by atoms with E-state index in [1.807, 2.05) is 34.6 Å². The van der Waals surface area contributed by atoms with Crippen molar-refractivity contribution < 1.29 is 161 Å². The topological polar surface area (TPSA) is 594 Å². The maximum Gasteiger partial charge on any atom is 0.519 e. The van der Waals surface area contributed by atoms with Crippen molar-refractivity contribution in [3.8, 4) is 17.2 Å². The van der Waals surface area contributed by atoms with E-state index in [9.17, 15) is 54.3 Å². The minimum absolute atomic E-state index is 0.0130. The Bertz CT molecular complexity index is 2480. The molecule has 3 rings (SSSR count). The smallest absolute Gasteiger partial charge is 0.481 e. The summed E-state index contributed by atoms with van der Waals surface area (Å²) in [7, 11) is 7.11. The molecule has 0 heterocycles. The lowest BCUT2D eigenvalue weighted by Crippen LogP contribution is -2.34. The molecule has 3 aromatic carbocycles. The van der Waals surface area contributed by atoms with Gasteiger partial charge in [0.05, 0.1) is 111 Å². The van der Waals surface area contributed by atoms with E-state index in [0.717, 1.165) is 0 Å². The molecule has 0 radical (unpaired) electrons. The molecule has 0 aromatic heterocycles. The van der Waals surface area contributed by atoms with Gasteiger partial charge >= 0.3 is 30.3 Å². The lowest BCUT2D eigenvalue weighted by molar-refractivity contribution is -0.385. The highest BCUT2D eigenvalue weighted by Gasteiger charge is 2.21. The van der Waals surface area contributed by atoms with E-state index in [1.54, 1.807) is 0 Å². The molecule has 0 bridgehead atoms. The van der Waals surface area contributed by atoms with E-state index >= 15 is 0 Å². The molecule has 0 saturated carbocycles. The highest BCUT2D eigenvalue weighted by molar-refractivity contribution is 5.70. The van der Waals surface area contributed by atoms with Crippen molar-refractivity contribution in [1.82, 2.24) is 5.32 Å². The quantitative estimate of drug-likeness (QED) is 0.0127. The largest absolute Gasteiger partial charge is 0.519 e. The van der Waals surface area contributed by atoms with E-state index in [2.05, 4.69) is 5.32 Å². The van der Waals surface area contributed by atoms with Crippen LogP contribution in [0, 0.1) is 30.3 Å². The highest BCUT2D eigenvalue weighted by atomic mass is 16.8. The van der Waals surface area contributed by atoms with Gasteiger partial charge in [0, 0.05) is 85.0 Å². The zero-order valence-electron chi connectivity index (χ0n) is 59.1. The van der Waals surface area contributed by atoms with Gasteiger partial charge in [0.15, 0.2) is 31.5 Å². The Balaban J connectivity index is -0.000000576. The highest BCUT2D eigenvalue weighted by Crippen LogP contribution is 2.22. The molecule has 0 fully saturated rings. The average molecular weight is 1490 g/mol. The molecular weight excluding hydrogens is 1390 g/mol. The van der Waals surface area contributed by atoms with Crippen LogP contribution in [-0.2, 0) is 66.4 Å². The zero-order chi connectivity index (χ0) is 79.1.